The quantitative estimate of drug-likeness (QED) is 0.568. The van der Waals surface area contributed by atoms with Crippen molar-refractivity contribution in [2.75, 3.05) is 6.54 Å². The van der Waals surface area contributed by atoms with Gasteiger partial charge in [0.05, 0.1) is 6.42 Å². The summed E-state index contributed by atoms with van der Waals surface area (Å²) in [4.78, 5) is 22.6. The van der Waals surface area contributed by atoms with Crippen molar-refractivity contribution in [1.29, 1.82) is 0 Å². The predicted octanol–water partition coefficient (Wildman–Crippen LogP) is 4.59. The summed E-state index contributed by atoms with van der Waals surface area (Å²) in [5.41, 5.74) is 1.54. The standard InChI is InChI=1S/C22H27NO4/c1-2-3-5-10-20(27-19-8-6-4-7-9-19)17-11-13-18(14-12-17)22(26)23-16-15-21(24)25/h4,6-9,11-14,20H,2-3,5,10,15-16H2,1H3,(H,23,26)(H,24,25). The van der Waals surface area contributed by atoms with Crippen LogP contribution in [0.4, 0.5) is 0 Å². The van der Waals surface area contributed by atoms with Crippen LogP contribution in [-0.4, -0.2) is 23.5 Å². The van der Waals surface area contributed by atoms with E-state index in [1.807, 2.05) is 42.5 Å². The molecule has 0 aliphatic rings. The molecule has 1 atom stereocenters. The number of amides is 1. The second-order valence-corrected chi connectivity index (χ2v) is 6.44. The molecule has 0 heterocycles. The lowest BCUT2D eigenvalue weighted by Gasteiger charge is -2.20. The summed E-state index contributed by atoms with van der Waals surface area (Å²) in [5.74, 6) is -0.373. The maximum absolute atomic E-state index is 12.1. The summed E-state index contributed by atoms with van der Waals surface area (Å²) < 4.78 is 6.17. The van der Waals surface area contributed by atoms with Crippen LogP contribution in [0.25, 0.3) is 0 Å². The summed E-state index contributed by atoms with van der Waals surface area (Å²) in [6.45, 7) is 2.29. The van der Waals surface area contributed by atoms with Crippen LogP contribution in [0.1, 0.15) is 61.1 Å². The van der Waals surface area contributed by atoms with Crippen molar-refractivity contribution in [3.63, 3.8) is 0 Å². The molecule has 2 aromatic rings. The molecule has 0 bridgehead atoms. The van der Waals surface area contributed by atoms with Crippen LogP contribution in [0, 0.1) is 0 Å². The van der Waals surface area contributed by atoms with Crippen LogP contribution in [0.5, 0.6) is 5.75 Å². The van der Waals surface area contributed by atoms with Gasteiger partial charge in [-0.15, -0.1) is 0 Å². The third-order valence-electron chi connectivity index (χ3n) is 4.26. The molecule has 144 valence electrons. The number of aliphatic carboxylic acids is 1. The van der Waals surface area contributed by atoms with Crippen LogP contribution in [-0.2, 0) is 4.79 Å². The Morgan fingerprint density at radius 2 is 1.74 bits per heavy atom. The Hall–Kier alpha value is -2.82. The fraction of sp³-hybridized carbons (Fsp3) is 0.364. The van der Waals surface area contributed by atoms with Gasteiger partial charge in [0.2, 0.25) is 0 Å². The Morgan fingerprint density at radius 1 is 1.04 bits per heavy atom. The lowest BCUT2D eigenvalue weighted by Crippen LogP contribution is -2.26. The molecule has 0 aliphatic heterocycles. The van der Waals surface area contributed by atoms with E-state index < -0.39 is 5.97 Å². The van der Waals surface area contributed by atoms with E-state index in [0.717, 1.165) is 37.0 Å². The van der Waals surface area contributed by atoms with Crippen molar-refractivity contribution in [2.24, 2.45) is 0 Å². The normalized spacial score (nSPS) is 11.6. The Bertz CT molecular complexity index is 713. The van der Waals surface area contributed by atoms with Gasteiger partial charge in [-0.3, -0.25) is 9.59 Å². The Kier molecular flexibility index (Phi) is 8.36. The van der Waals surface area contributed by atoms with E-state index >= 15 is 0 Å². The topological polar surface area (TPSA) is 75.6 Å². The van der Waals surface area contributed by atoms with Crippen LogP contribution in [0.15, 0.2) is 54.6 Å². The zero-order chi connectivity index (χ0) is 19.5. The fourth-order valence-electron chi connectivity index (χ4n) is 2.77. The lowest BCUT2D eigenvalue weighted by atomic mass is 10.0. The van der Waals surface area contributed by atoms with Gasteiger partial charge in [-0.1, -0.05) is 50.1 Å². The number of benzene rings is 2. The van der Waals surface area contributed by atoms with E-state index in [9.17, 15) is 9.59 Å². The van der Waals surface area contributed by atoms with Crippen molar-refractivity contribution in [3.8, 4) is 5.75 Å². The van der Waals surface area contributed by atoms with Gasteiger partial charge in [0.15, 0.2) is 0 Å². The third kappa shape index (κ3) is 7.13. The minimum Gasteiger partial charge on any atom is -0.486 e. The minimum absolute atomic E-state index is 0.0666. The zero-order valence-corrected chi connectivity index (χ0v) is 15.7. The Balaban J connectivity index is 2.03. The molecule has 0 saturated heterocycles. The number of carboxylic acids is 1. The number of para-hydroxylation sites is 1. The number of carboxylic acid groups (broad SMARTS) is 1. The van der Waals surface area contributed by atoms with Crippen molar-refractivity contribution in [2.45, 2.75) is 45.1 Å². The van der Waals surface area contributed by atoms with Crippen LogP contribution in [0.3, 0.4) is 0 Å². The molecule has 0 radical (unpaired) electrons. The van der Waals surface area contributed by atoms with Crippen LogP contribution < -0.4 is 10.1 Å². The molecule has 2 rings (SSSR count). The molecule has 2 N–H and O–H groups in total. The molecule has 1 amide bonds. The first-order valence-corrected chi connectivity index (χ1v) is 9.41. The molecule has 2 aromatic carbocycles. The zero-order valence-electron chi connectivity index (χ0n) is 15.7. The van der Waals surface area contributed by atoms with Gasteiger partial charge in [-0.05, 0) is 42.7 Å². The van der Waals surface area contributed by atoms with Crippen LogP contribution in [0.2, 0.25) is 0 Å². The average Bonchev–Trinajstić information content (AvgIpc) is 2.68. The second kappa shape index (κ2) is 11.0. The Morgan fingerprint density at radius 3 is 2.37 bits per heavy atom. The number of nitrogens with one attached hydrogen (secondary N) is 1. The van der Waals surface area contributed by atoms with Gasteiger partial charge in [0.25, 0.3) is 5.91 Å². The lowest BCUT2D eigenvalue weighted by molar-refractivity contribution is -0.136. The minimum atomic E-state index is -0.932. The van der Waals surface area contributed by atoms with Gasteiger partial charge < -0.3 is 15.2 Å². The SMILES string of the molecule is CCCCCC(Oc1ccccc1)c1ccc(C(=O)NCCC(=O)O)cc1. The average molecular weight is 369 g/mol. The van der Waals surface area contributed by atoms with Gasteiger partial charge in [0.1, 0.15) is 11.9 Å². The van der Waals surface area contributed by atoms with Crippen LogP contribution >= 0.6 is 0 Å². The summed E-state index contributed by atoms with van der Waals surface area (Å²) in [5, 5.41) is 11.2. The molecule has 27 heavy (non-hydrogen) atoms. The number of unbranched alkanes of at least 4 members (excludes halogenated alkanes) is 2. The molecule has 0 fully saturated rings. The van der Waals surface area contributed by atoms with Crippen molar-refractivity contribution < 1.29 is 19.4 Å². The number of hydrogen-bond acceptors (Lipinski definition) is 3. The van der Waals surface area contributed by atoms with Gasteiger partial charge in [0, 0.05) is 12.1 Å². The van der Waals surface area contributed by atoms with E-state index in [1.54, 1.807) is 12.1 Å². The number of carbonyl (C=O) groups excluding carboxylic acids is 1. The highest BCUT2D eigenvalue weighted by Gasteiger charge is 2.14. The van der Waals surface area contributed by atoms with E-state index in [4.69, 9.17) is 9.84 Å². The molecule has 1 unspecified atom stereocenters. The fourth-order valence-corrected chi connectivity index (χ4v) is 2.77. The van der Waals surface area contributed by atoms with E-state index in [2.05, 4.69) is 12.2 Å². The van der Waals surface area contributed by atoms with E-state index in [1.165, 1.54) is 0 Å². The predicted molar refractivity (Wildman–Crippen MR) is 105 cm³/mol. The van der Waals surface area contributed by atoms with E-state index in [-0.39, 0.29) is 25.0 Å². The van der Waals surface area contributed by atoms with Crippen molar-refractivity contribution in [3.05, 3.63) is 65.7 Å². The Labute approximate surface area is 160 Å². The van der Waals surface area contributed by atoms with Crippen molar-refractivity contribution in [1.82, 2.24) is 5.32 Å². The maximum Gasteiger partial charge on any atom is 0.305 e. The first-order chi connectivity index (χ1) is 13.1. The number of hydrogen-bond donors (Lipinski definition) is 2. The van der Waals surface area contributed by atoms with Gasteiger partial charge in [-0.25, -0.2) is 0 Å². The van der Waals surface area contributed by atoms with Crippen molar-refractivity contribution >= 4 is 11.9 Å². The molecule has 5 heteroatoms. The molecule has 0 aromatic heterocycles. The highest BCUT2D eigenvalue weighted by molar-refractivity contribution is 5.94. The third-order valence-corrected chi connectivity index (χ3v) is 4.26. The summed E-state index contributed by atoms with van der Waals surface area (Å²) in [7, 11) is 0. The summed E-state index contributed by atoms with van der Waals surface area (Å²) in [6.07, 6.45) is 4.13. The molecule has 0 aliphatic carbocycles. The highest BCUT2D eigenvalue weighted by Crippen LogP contribution is 2.27. The molecular formula is C22H27NO4. The summed E-state index contributed by atoms with van der Waals surface area (Å²) >= 11 is 0. The smallest absolute Gasteiger partial charge is 0.305 e. The van der Waals surface area contributed by atoms with Gasteiger partial charge in [-0.2, -0.15) is 0 Å². The summed E-state index contributed by atoms with van der Waals surface area (Å²) in [6, 6.07) is 17.1. The first kappa shape index (κ1) is 20.5. The second-order valence-electron chi connectivity index (χ2n) is 6.44. The first-order valence-electron chi connectivity index (χ1n) is 9.41. The van der Waals surface area contributed by atoms with Gasteiger partial charge >= 0.3 is 5.97 Å². The highest BCUT2D eigenvalue weighted by atomic mass is 16.5. The van der Waals surface area contributed by atoms with E-state index in [0.29, 0.717) is 5.56 Å². The number of ether oxygens (including phenoxy) is 1. The maximum atomic E-state index is 12.1. The largest absolute Gasteiger partial charge is 0.486 e. The molecular weight excluding hydrogens is 342 g/mol. The molecule has 0 saturated carbocycles. The molecule has 5 nitrogen and oxygen atoms in total. The monoisotopic (exact) mass is 369 g/mol. The number of carbonyl (C=O) groups is 2. The number of rotatable bonds is 11. The molecule has 0 spiro atoms.